The second kappa shape index (κ2) is 13.3. The minimum Gasteiger partial charge on any atom is -0.377 e. The fourth-order valence-corrected chi connectivity index (χ4v) is 6.72. The van der Waals surface area contributed by atoms with Crippen molar-refractivity contribution in [2.24, 2.45) is 4.99 Å². The van der Waals surface area contributed by atoms with Gasteiger partial charge in [-0.25, -0.2) is 0 Å². The van der Waals surface area contributed by atoms with Crippen LogP contribution in [0.2, 0.25) is 0 Å². The van der Waals surface area contributed by atoms with Gasteiger partial charge in [-0.1, -0.05) is 74.7 Å². The van der Waals surface area contributed by atoms with E-state index in [4.69, 9.17) is 14.3 Å². The number of ether oxygens (including phenoxy) is 1. The molecule has 1 amide bonds. The number of carbonyl (C=O) groups excluding carboxylic acids is 1. The van der Waals surface area contributed by atoms with Crippen molar-refractivity contribution in [1.29, 1.82) is 0 Å². The molecule has 0 bridgehead atoms. The molecule has 7 nitrogen and oxygen atoms in total. The van der Waals surface area contributed by atoms with Crippen LogP contribution in [0, 0.1) is 6.92 Å². The Hall–Kier alpha value is -3.10. The Morgan fingerprint density at radius 1 is 1.10 bits per heavy atom. The number of hydrogen-bond donors (Lipinski definition) is 1. The van der Waals surface area contributed by atoms with E-state index in [1.807, 2.05) is 24.8 Å². The predicted molar refractivity (Wildman–Crippen MR) is 166 cm³/mol. The second-order valence-electron chi connectivity index (χ2n) is 11.0. The summed E-state index contributed by atoms with van der Waals surface area (Å²) in [6, 6.07) is 14.9. The van der Waals surface area contributed by atoms with Crippen molar-refractivity contribution in [2.45, 2.75) is 103 Å². The zero-order chi connectivity index (χ0) is 28.8. The summed E-state index contributed by atoms with van der Waals surface area (Å²) in [5.41, 5.74) is 5.94. The SMILES string of the molecule is CCCCC1=NC2(CCCC2)C(=O)N1Cc1ccc(-c2ccccc2SNc2onc(CC)c2C)c(COCC)c1. The third-order valence-electron chi connectivity index (χ3n) is 8.24. The summed E-state index contributed by atoms with van der Waals surface area (Å²) in [6.07, 6.45) is 7.74. The lowest BCUT2D eigenvalue weighted by molar-refractivity contribution is -0.131. The Bertz CT molecular complexity index is 1390. The first-order chi connectivity index (χ1) is 20.0. The number of aliphatic imine (C=N–C) groups is 1. The van der Waals surface area contributed by atoms with Crippen LogP contribution in [-0.2, 0) is 29.1 Å². The van der Waals surface area contributed by atoms with E-state index in [1.54, 1.807) is 0 Å². The van der Waals surface area contributed by atoms with Crippen LogP contribution in [-0.4, -0.2) is 33.9 Å². The molecule has 1 N–H and O–H groups in total. The standard InChI is InChI=1S/C33H42N4O3S/c1-5-8-15-30-34-33(18-11-12-19-33)32(38)37(30)21-24-16-17-26(25(20-24)22-39-7-3)27-13-9-10-14-29(27)41-36-31-23(4)28(6-2)35-40-31/h9-10,13-14,16-17,20,36H,5-8,11-12,15,18-19,21-22H2,1-4H3. The van der Waals surface area contributed by atoms with Gasteiger partial charge in [0.15, 0.2) is 0 Å². The molecule has 3 aromatic rings. The zero-order valence-corrected chi connectivity index (χ0v) is 25.6. The maximum absolute atomic E-state index is 13.7. The van der Waals surface area contributed by atoms with Gasteiger partial charge in [0.25, 0.3) is 5.91 Å². The second-order valence-corrected chi connectivity index (χ2v) is 11.9. The normalized spacial score (nSPS) is 16.1. The lowest BCUT2D eigenvalue weighted by Crippen LogP contribution is -2.40. The molecular weight excluding hydrogens is 532 g/mol. The van der Waals surface area contributed by atoms with E-state index < -0.39 is 5.54 Å². The van der Waals surface area contributed by atoms with Gasteiger partial charge in [0.05, 0.1) is 18.8 Å². The molecule has 8 heteroatoms. The molecular formula is C33H42N4O3S. The molecule has 0 atom stereocenters. The molecule has 5 rings (SSSR count). The van der Waals surface area contributed by atoms with Crippen molar-refractivity contribution in [3.05, 3.63) is 64.8 Å². The summed E-state index contributed by atoms with van der Waals surface area (Å²) in [4.78, 5) is 21.8. The summed E-state index contributed by atoms with van der Waals surface area (Å²) in [5.74, 6) is 1.84. The number of unbranched alkanes of at least 4 members (excludes halogenated alkanes) is 1. The van der Waals surface area contributed by atoms with Crippen molar-refractivity contribution >= 4 is 29.6 Å². The lowest BCUT2D eigenvalue weighted by atomic mass is 9.96. The molecule has 1 aliphatic carbocycles. The van der Waals surface area contributed by atoms with Gasteiger partial charge in [-0.2, -0.15) is 0 Å². The lowest BCUT2D eigenvalue weighted by Gasteiger charge is -2.23. The van der Waals surface area contributed by atoms with E-state index in [1.165, 1.54) is 11.9 Å². The monoisotopic (exact) mass is 574 g/mol. The van der Waals surface area contributed by atoms with Crippen molar-refractivity contribution in [3.8, 4) is 11.1 Å². The maximum atomic E-state index is 13.7. The van der Waals surface area contributed by atoms with Crippen LogP contribution in [0.25, 0.3) is 11.1 Å². The van der Waals surface area contributed by atoms with Crippen molar-refractivity contribution in [2.75, 3.05) is 11.3 Å². The largest absolute Gasteiger partial charge is 0.377 e. The van der Waals surface area contributed by atoms with E-state index in [0.29, 0.717) is 25.6 Å². The predicted octanol–water partition coefficient (Wildman–Crippen LogP) is 8.11. The average molecular weight is 575 g/mol. The first-order valence-electron chi connectivity index (χ1n) is 15.1. The number of nitrogens with one attached hydrogen (secondary N) is 1. The zero-order valence-electron chi connectivity index (χ0n) is 24.8. The summed E-state index contributed by atoms with van der Waals surface area (Å²) in [7, 11) is 0. The van der Waals surface area contributed by atoms with E-state index in [2.05, 4.69) is 60.1 Å². The first-order valence-corrected chi connectivity index (χ1v) is 15.9. The molecule has 41 heavy (non-hydrogen) atoms. The minimum atomic E-state index is -0.514. The third-order valence-corrected chi connectivity index (χ3v) is 9.10. The molecule has 218 valence electrons. The van der Waals surface area contributed by atoms with Crippen LogP contribution in [0.15, 0.2) is 56.9 Å². The summed E-state index contributed by atoms with van der Waals surface area (Å²) >= 11 is 1.52. The Morgan fingerprint density at radius 3 is 2.63 bits per heavy atom. The van der Waals surface area contributed by atoms with E-state index in [0.717, 1.165) is 95.6 Å². The van der Waals surface area contributed by atoms with Gasteiger partial charge < -0.3 is 9.26 Å². The number of carbonyl (C=O) groups is 1. The number of amides is 1. The van der Waals surface area contributed by atoms with Gasteiger partial charge in [-0.05, 0) is 79.8 Å². The highest BCUT2D eigenvalue weighted by Crippen LogP contribution is 2.41. The number of anilines is 1. The van der Waals surface area contributed by atoms with Crippen LogP contribution >= 0.6 is 11.9 Å². The number of benzene rings is 2. The number of rotatable bonds is 13. The number of aromatic nitrogens is 1. The highest BCUT2D eigenvalue weighted by molar-refractivity contribution is 8.00. The van der Waals surface area contributed by atoms with Crippen LogP contribution < -0.4 is 4.72 Å². The smallest absolute Gasteiger partial charge is 0.256 e. The van der Waals surface area contributed by atoms with Crippen molar-refractivity contribution in [3.63, 3.8) is 0 Å². The summed E-state index contributed by atoms with van der Waals surface area (Å²) in [5, 5.41) is 4.17. The van der Waals surface area contributed by atoms with E-state index >= 15 is 0 Å². The fraction of sp³-hybridized carbons (Fsp3) is 0.485. The molecule has 2 aromatic carbocycles. The molecule has 0 radical (unpaired) electrons. The summed E-state index contributed by atoms with van der Waals surface area (Å²) < 4.78 is 14.8. The fourth-order valence-electron chi connectivity index (χ4n) is 5.89. The minimum absolute atomic E-state index is 0.193. The van der Waals surface area contributed by atoms with Crippen LogP contribution in [0.5, 0.6) is 0 Å². The third kappa shape index (κ3) is 6.24. The van der Waals surface area contributed by atoms with Gasteiger partial charge in [-0.15, -0.1) is 0 Å². The number of aryl methyl sites for hydroxylation is 1. The molecule has 0 saturated heterocycles. The quantitative estimate of drug-likeness (QED) is 0.208. The molecule has 2 aliphatic rings. The van der Waals surface area contributed by atoms with Crippen LogP contribution in [0.4, 0.5) is 5.88 Å². The highest BCUT2D eigenvalue weighted by Gasteiger charge is 2.49. The number of hydrogen-bond acceptors (Lipinski definition) is 7. The first kappa shape index (κ1) is 29.4. The molecule has 1 aromatic heterocycles. The summed E-state index contributed by atoms with van der Waals surface area (Å²) in [6.45, 7) is 9.99. The van der Waals surface area contributed by atoms with Crippen LogP contribution in [0.1, 0.15) is 88.1 Å². The number of nitrogens with zero attached hydrogens (tertiary/aromatic N) is 3. The van der Waals surface area contributed by atoms with Gasteiger partial charge >= 0.3 is 0 Å². The van der Waals surface area contributed by atoms with E-state index in [-0.39, 0.29) is 5.91 Å². The van der Waals surface area contributed by atoms with Crippen molar-refractivity contribution in [1.82, 2.24) is 10.1 Å². The van der Waals surface area contributed by atoms with E-state index in [9.17, 15) is 4.79 Å². The van der Waals surface area contributed by atoms with Gasteiger partial charge in [0.1, 0.15) is 11.4 Å². The Labute approximate surface area is 248 Å². The Morgan fingerprint density at radius 2 is 1.90 bits per heavy atom. The highest BCUT2D eigenvalue weighted by atomic mass is 32.2. The topological polar surface area (TPSA) is 80.0 Å². The maximum Gasteiger partial charge on any atom is 0.256 e. The van der Waals surface area contributed by atoms with Crippen molar-refractivity contribution < 1.29 is 14.1 Å². The molecule has 1 fully saturated rings. The molecule has 0 unspecified atom stereocenters. The number of amidine groups is 1. The molecule has 1 aliphatic heterocycles. The Kier molecular flexibility index (Phi) is 9.50. The molecule has 1 spiro atoms. The average Bonchev–Trinajstić information content (AvgIpc) is 3.68. The van der Waals surface area contributed by atoms with Gasteiger partial charge in [0, 0.05) is 23.5 Å². The van der Waals surface area contributed by atoms with Crippen LogP contribution in [0.3, 0.4) is 0 Å². The Balaban J connectivity index is 1.41. The van der Waals surface area contributed by atoms with Gasteiger partial charge in [0.2, 0.25) is 5.88 Å². The molecule has 2 heterocycles. The molecule has 1 saturated carbocycles. The van der Waals surface area contributed by atoms with Gasteiger partial charge in [-0.3, -0.25) is 19.4 Å².